The lowest BCUT2D eigenvalue weighted by Gasteiger charge is -2.31. The van der Waals surface area contributed by atoms with Crippen molar-refractivity contribution in [3.05, 3.63) is 82.6 Å². The summed E-state index contributed by atoms with van der Waals surface area (Å²) < 4.78 is 17.7. The van der Waals surface area contributed by atoms with E-state index >= 15 is 0 Å². The Morgan fingerprint density at radius 3 is 2.26 bits per heavy atom. The number of rotatable bonds is 14. The summed E-state index contributed by atoms with van der Waals surface area (Å²) in [7, 11) is 0. The molecule has 1 fully saturated rings. The molecule has 0 unspecified atom stereocenters. The topological polar surface area (TPSA) is 86.0 Å². The van der Waals surface area contributed by atoms with E-state index in [2.05, 4.69) is 46.5 Å². The summed E-state index contributed by atoms with van der Waals surface area (Å²) in [6.07, 6.45) is 6.59. The van der Waals surface area contributed by atoms with Gasteiger partial charge in [0.2, 0.25) is 0 Å². The Morgan fingerprint density at radius 1 is 1.00 bits per heavy atom. The summed E-state index contributed by atoms with van der Waals surface area (Å²) in [4.78, 5) is 26.6. The number of benzene rings is 2. The first-order valence-electron chi connectivity index (χ1n) is 17.2. The zero-order chi connectivity index (χ0) is 34.2. The van der Waals surface area contributed by atoms with Crippen LogP contribution in [0.25, 0.3) is 11.0 Å². The van der Waals surface area contributed by atoms with Gasteiger partial charge < -0.3 is 19.0 Å². The second-order valence-corrected chi connectivity index (χ2v) is 14.3. The molecule has 0 amide bonds. The average Bonchev–Trinajstić information content (AvgIpc) is 3.59. The molecule has 0 saturated carbocycles. The van der Waals surface area contributed by atoms with Crippen molar-refractivity contribution in [2.24, 2.45) is 23.2 Å². The number of aryl methyl sites for hydroxylation is 1. The summed E-state index contributed by atoms with van der Waals surface area (Å²) in [6, 6.07) is 15.9. The lowest BCUT2D eigenvalue weighted by Crippen LogP contribution is -2.42. The number of carbonyl (C=O) groups is 2. The maximum atomic E-state index is 13.7. The van der Waals surface area contributed by atoms with Gasteiger partial charge in [-0.05, 0) is 93.2 Å². The first kappa shape index (κ1) is 36.0. The quantitative estimate of drug-likeness (QED) is 0.108. The maximum absolute atomic E-state index is 13.7. The van der Waals surface area contributed by atoms with E-state index in [-0.39, 0.29) is 19.0 Å². The number of carbonyl (C=O) groups excluding carboxylic acids is 2. The Labute approximate surface area is 280 Å². The van der Waals surface area contributed by atoms with Gasteiger partial charge in [0.05, 0.1) is 12.0 Å². The molecule has 2 heterocycles. The zero-order valence-corrected chi connectivity index (χ0v) is 29.3. The number of ether oxygens (including phenoxy) is 2. The molecule has 1 aromatic heterocycles. The van der Waals surface area contributed by atoms with Crippen LogP contribution in [-0.2, 0) is 25.5 Å². The molecular formula is C41H52O6. The molecule has 0 spiro atoms. The number of allylic oxidation sites excluding steroid dienone is 1. The first-order chi connectivity index (χ1) is 22.4. The van der Waals surface area contributed by atoms with Gasteiger partial charge in [-0.2, -0.15) is 0 Å². The molecule has 1 atom stereocenters. The minimum absolute atomic E-state index is 0.197. The Morgan fingerprint density at radius 2 is 1.64 bits per heavy atom. The summed E-state index contributed by atoms with van der Waals surface area (Å²) in [6.45, 7) is 14.2. The van der Waals surface area contributed by atoms with Crippen molar-refractivity contribution in [1.29, 1.82) is 0 Å². The molecule has 0 radical (unpaired) electrons. The number of fused-ring (bicyclic) bond motifs is 1. The van der Waals surface area contributed by atoms with E-state index < -0.39 is 23.6 Å². The van der Waals surface area contributed by atoms with Crippen LogP contribution in [0.2, 0.25) is 0 Å². The van der Waals surface area contributed by atoms with Crippen LogP contribution < -0.4 is 0 Å². The Hall–Kier alpha value is -3.82. The van der Waals surface area contributed by atoms with Gasteiger partial charge in [-0.15, -0.1) is 0 Å². The van der Waals surface area contributed by atoms with Gasteiger partial charge in [0.25, 0.3) is 0 Å². The van der Waals surface area contributed by atoms with Gasteiger partial charge in [0, 0.05) is 34.9 Å². The number of cyclic esters (lactones) is 1. The Balaban J connectivity index is 1.44. The third-order valence-corrected chi connectivity index (χ3v) is 9.41. The molecule has 1 aliphatic rings. The smallest absolute Gasteiger partial charge is 0.334 e. The number of aliphatic hydroxyl groups is 1. The minimum Gasteiger partial charge on any atom is -0.461 e. The lowest BCUT2D eigenvalue weighted by atomic mass is 9.78. The van der Waals surface area contributed by atoms with Gasteiger partial charge >= 0.3 is 11.9 Å². The van der Waals surface area contributed by atoms with Crippen molar-refractivity contribution in [3.63, 3.8) is 0 Å². The lowest BCUT2D eigenvalue weighted by molar-refractivity contribution is -0.173. The molecule has 2 aromatic carbocycles. The molecule has 0 bridgehead atoms. The molecule has 1 saturated heterocycles. The molecule has 47 heavy (non-hydrogen) atoms. The molecular weight excluding hydrogens is 588 g/mol. The third-order valence-electron chi connectivity index (χ3n) is 9.41. The number of aliphatic hydroxyl groups excluding tert-OH is 1. The molecule has 252 valence electrons. The van der Waals surface area contributed by atoms with Crippen molar-refractivity contribution in [2.45, 2.75) is 99.0 Å². The van der Waals surface area contributed by atoms with E-state index in [0.717, 1.165) is 41.4 Å². The summed E-state index contributed by atoms with van der Waals surface area (Å²) in [5, 5.41) is 11.3. The van der Waals surface area contributed by atoms with Gasteiger partial charge in [-0.3, -0.25) is 4.79 Å². The fraction of sp³-hybridized carbons (Fsp3) is 0.512. The van der Waals surface area contributed by atoms with Crippen LogP contribution in [0.1, 0.15) is 103 Å². The molecule has 1 aliphatic heterocycles. The fourth-order valence-corrected chi connectivity index (χ4v) is 6.61. The molecule has 0 aliphatic carbocycles. The number of hydrogen-bond donors (Lipinski definition) is 1. The van der Waals surface area contributed by atoms with Gasteiger partial charge in [-0.25, -0.2) is 4.79 Å². The van der Waals surface area contributed by atoms with Gasteiger partial charge in [-0.1, -0.05) is 77.2 Å². The Kier molecular flexibility index (Phi) is 12.1. The molecule has 6 heteroatoms. The van der Waals surface area contributed by atoms with Crippen LogP contribution in [0, 0.1) is 41.9 Å². The minimum atomic E-state index is -1.27. The first-order valence-corrected chi connectivity index (χ1v) is 17.2. The highest BCUT2D eigenvalue weighted by atomic mass is 16.6. The number of furan rings is 1. The normalized spacial score (nSPS) is 17.5. The zero-order valence-electron chi connectivity index (χ0n) is 29.3. The predicted molar refractivity (Wildman–Crippen MR) is 187 cm³/mol. The van der Waals surface area contributed by atoms with E-state index in [1.807, 2.05) is 68.5 Å². The fourth-order valence-electron chi connectivity index (χ4n) is 6.61. The second kappa shape index (κ2) is 15.8. The highest BCUT2D eigenvalue weighted by Crippen LogP contribution is 2.37. The summed E-state index contributed by atoms with van der Waals surface area (Å²) >= 11 is 0. The van der Waals surface area contributed by atoms with Gasteiger partial charge in [0.15, 0.2) is 5.60 Å². The largest absolute Gasteiger partial charge is 0.461 e. The number of esters is 2. The van der Waals surface area contributed by atoms with Crippen molar-refractivity contribution in [1.82, 2.24) is 0 Å². The van der Waals surface area contributed by atoms with Crippen LogP contribution in [0.4, 0.5) is 0 Å². The standard InChI is InChI=1S/C41H52O6/c1-8-40(9-2,25-36-23-35-22-32(17-19-37(35)46-36)15-14-31-12-10-30(7)11-13-31)39(44)45-27-41(26-42)24-34(38(43)47-41)18-16-33(20-28(3)4)21-29(5)6/h10-13,17-19,22-23,28-29,33,42H,8-9,16,20-21,24-27H2,1-7H3/b34-18+/t41-/m1/s1. The van der Waals surface area contributed by atoms with E-state index in [1.165, 1.54) is 5.56 Å². The van der Waals surface area contributed by atoms with Crippen LogP contribution in [0.3, 0.4) is 0 Å². The molecule has 4 rings (SSSR count). The number of hydrogen-bond acceptors (Lipinski definition) is 6. The van der Waals surface area contributed by atoms with Crippen LogP contribution >= 0.6 is 0 Å². The van der Waals surface area contributed by atoms with Crippen molar-refractivity contribution >= 4 is 22.9 Å². The van der Waals surface area contributed by atoms with Crippen molar-refractivity contribution in [2.75, 3.05) is 13.2 Å². The second-order valence-electron chi connectivity index (χ2n) is 14.3. The molecule has 1 N–H and O–H groups in total. The van der Waals surface area contributed by atoms with Crippen molar-refractivity contribution in [3.8, 4) is 11.8 Å². The van der Waals surface area contributed by atoms with E-state index in [0.29, 0.717) is 48.3 Å². The maximum Gasteiger partial charge on any atom is 0.334 e. The predicted octanol–water partition coefficient (Wildman–Crippen LogP) is 8.74. The SMILES string of the molecule is CCC(CC)(Cc1cc2cc(C#Cc3ccc(C)cc3)ccc2o1)C(=O)OC[C@]1(CO)C/C(=C\CC(CC(C)C)CC(C)C)C(=O)O1. The summed E-state index contributed by atoms with van der Waals surface area (Å²) in [5.74, 6) is 7.93. The highest BCUT2D eigenvalue weighted by Gasteiger charge is 2.46. The highest BCUT2D eigenvalue weighted by molar-refractivity contribution is 5.91. The van der Waals surface area contributed by atoms with Crippen LogP contribution in [0.15, 0.2) is 64.6 Å². The van der Waals surface area contributed by atoms with E-state index in [9.17, 15) is 14.7 Å². The van der Waals surface area contributed by atoms with Crippen molar-refractivity contribution < 1.29 is 28.6 Å². The van der Waals surface area contributed by atoms with Crippen LogP contribution in [-0.4, -0.2) is 35.9 Å². The average molecular weight is 641 g/mol. The van der Waals surface area contributed by atoms with E-state index in [4.69, 9.17) is 13.9 Å². The Bertz CT molecular complexity index is 1600. The van der Waals surface area contributed by atoms with Gasteiger partial charge in [0.1, 0.15) is 18.0 Å². The third kappa shape index (κ3) is 9.39. The molecule has 3 aromatic rings. The molecule has 6 nitrogen and oxygen atoms in total. The van der Waals surface area contributed by atoms with E-state index in [1.54, 1.807) is 0 Å². The summed E-state index contributed by atoms with van der Waals surface area (Å²) in [5.41, 5.74) is 2.21. The van der Waals surface area contributed by atoms with Crippen LogP contribution in [0.5, 0.6) is 0 Å². The monoisotopic (exact) mass is 640 g/mol.